The molecule has 4 heteroatoms. The number of aromatic nitrogens is 2. The molecule has 0 spiro atoms. The van der Waals surface area contributed by atoms with Crippen molar-refractivity contribution in [2.24, 2.45) is 7.05 Å². The van der Waals surface area contributed by atoms with Crippen molar-refractivity contribution in [1.29, 1.82) is 0 Å². The SMILES string of the molecule is Cc1cc(F)ccc1NCCc1ccnn1C. The monoisotopic (exact) mass is 233 g/mol. The molecule has 1 aromatic carbocycles. The van der Waals surface area contributed by atoms with Crippen LogP contribution in [0.15, 0.2) is 30.5 Å². The van der Waals surface area contributed by atoms with E-state index in [1.807, 2.05) is 24.7 Å². The molecule has 90 valence electrons. The van der Waals surface area contributed by atoms with E-state index in [1.54, 1.807) is 12.3 Å². The Bertz CT molecular complexity index is 505. The summed E-state index contributed by atoms with van der Waals surface area (Å²) in [4.78, 5) is 0. The largest absolute Gasteiger partial charge is 0.384 e. The van der Waals surface area contributed by atoms with Gasteiger partial charge in [-0.15, -0.1) is 0 Å². The van der Waals surface area contributed by atoms with Crippen LogP contribution < -0.4 is 5.32 Å². The summed E-state index contributed by atoms with van der Waals surface area (Å²) in [7, 11) is 1.93. The molecule has 0 fully saturated rings. The zero-order valence-corrected chi connectivity index (χ0v) is 10.1. The van der Waals surface area contributed by atoms with E-state index in [9.17, 15) is 4.39 Å². The van der Waals surface area contributed by atoms with Gasteiger partial charge in [0, 0.05) is 37.6 Å². The van der Waals surface area contributed by atoms with Gasteiger partial charge in [0.15, 0.2) is 0 Å². The lowest BCUT2D eigenvalue weighted by Gasteiger charge is -2.09. The number of aryl methyl sites for hydroxylation is 2. The second kappa shape index (κ2) is 4.99. The van der Waals surface area contributed by atoms with Gasteiger partial charge in [-0.25, -0.2) is 4.39 Å². The maximum Gasteiger partial charge on any atom is 0.123 e. The molecule has 1 aromatic heterocycles. The number of rotatable bonds is 4. The lowest BCUT2D eigenvalue weighted by Crippen LogP contribution is -2.09. The molecule has 0 bridgehead atoms. The molecule has 17 heavy (non-hydrogen) atoms. The van der Waals surface area contributed by atoms with Crippen LogP contribution >= 0.6 is 0 Å². The molecule has 3 nitrogen and oxygen atoms in total. The minimum absolute atomic E-state index is 0.195. The molecule has 1 N–H and O–H groups in total. The van der Waals surface area contributed by atoms with E-state index in [2.05, 4.69) is 10.4 Å². The van der Waals surface area contributed by atoms with Gasteiger partial charge in [-0.3, -0.25) is 4.68 Å². The normalized spacial score (nSPS) is 10.5. The van der Waals surface area contributed by atoms with Crippen molar-refractivity contribution in [3.8, 4) is 0 Å². The molecular weight excluding hydrogens is 217 g/mol. The minimum Gasteiger partial charge on any atom is -0.384 e. The Kier molecular flexibility index (Phi) is 3.42. The van der Waals surface area contributed by atoms with Gasteiger partial charge in [0.25, 0.3) is 0 Å². The Labute approximate surface area is 100 Å². The predicted molar refractivity (Wildman–Crippen MR) is 66.5 cm³/mol. The molecule has 0 atom stereocenters. The van der Waals surface area contributed by atoms with Gasteiger partial charge >= 0.3 is 0 Å². The van der Waals surface area contributed by atoms with Crippen LogP contribution in [0.5, 0.6) is 0 Å². The highest BCUT2D eigenvalue weighted by atomic mass is 19.1. The number of halogens is 1. The van der Waals surface area contributed by atoms with Crippen molar-refractivity contribution in [3.05, 3.63) is 47.5 Å². The van der Waals surface area contributed by atoms with E-state index in [4.69, 9.17) is 0 Å². The first-order valence-corrected chi connectivity index (χ1v) is 5.64. The van der Waals surface area contributed by atoms with Crippen LogP contribution in [0.4, 0.5) is 10.1 Å². The third-order valence-electron chi connectivity index (χ3n) is 2.81. The summed E-state index contributed by atoms with van der Waals surface area (Å²) in [6.45, 7) is 2.71. The summed E-state index contributed by atoms with van der Waals surface area (Å²) in [5.74, 6) is -0.195. The van der Waals surface area contributed by atoms with E-state index < -0.39 is 0 Å². The van der Waals surface area contributed by atoms with Crippen LogP contribution in [0, 0.1) is 12.7 Å². The third-order valence-corrected chi connectivity index (χ3v) is 2.81. The molecule has 0 aliphatic heterocycles. The Morgan fingerprint density at radius 1 is 1.35 bits per heavy atom. The second-order valence-corrected chi connectivity index (χ2v) is 4.08. The Morgan fingerprint density at radius 3 is 2.82 bits per heavy atom. The molecule has 2 rings (SSSR count). The molecule has 0 unspecified atom stereocenters. The first-order chi connectivity index (χ1) is 8.16. The van der Waals surface area contributed by atoms with Crippen molar-refractivity contribution < 1.29 is 4.39 Å². The van der Waals surface area contributed by atoms with E-state index in [-0.39, 0.29) is 5.82 Å². The van der Waals surface area contributed by atoms with Crippen LogP contribution in [-0.2, 0) is 13.5 Å². The fourth-order valence-corrected chi connectivity index (χ4v) is 1.80. The fraction of sp³-hybridized carbons (Fsp3) is 0.308. The van der Waals surface area contributed by atoms with Crippen molar-refractivity contribution >= 4 is 5.69 Å². The second-order valence-electron chi connectivity index (χ2n) is 4.08. The maximum absolute atomic E-state index is 12.9. The van der Waals surface area contributed by atoms with E-state index in [0.717, 1.165) is 24.2 Å². The highest BCUT2D eigenvalue weighted by Gasteiger charge is 2.01. The van der Waals surface area contributed by atoms with Crippen molar-refractivity contribution in [2.45, 2.75) is 13.3 Å². The van der Waals surface area contributed by atoms with Crippen LogP contribution in [0.25, 0.3) is 0 Å². The average Bonchev–Trinajstić information content (AvgIpc) is 2.68. The third kappa shape index (κ3) is 2.84. The van der Waals surface area contributed by atoms with Crippen LogP contribution in [0.1, 0.15) is 11.3 Å². The summed E-state index contributed by atoms with van der Waals surface area (Å²) < 4.78 is 14.8. The zero-order chi connectivity index (χ0) is 12.3. The van der Waals surface area contributed by atoms with Gasteiger partial charge < -0.3 is 5.32 Å². The summed E-state index contributed by atoms with van der Waals surface area (Å²) in [6, 6.07) is 6.78. The van der Waals surface area contributed by atoms with Crippen molar-refractivity contribution in [3.63, 3.8) is 0 Å². The van der Waals surface area contributed by atoms with Gasteiger partial charge in [-0.05, 0) is 36.8 Å². The standard InChI is InChI=1S/C13H16FN3/c1-10-9-11(14)3-4-13(10)15-7-5-12-6-8-16-17(12)2/h3-4,6,8-9,15H,5,7H2,1-2H3. The first-order valence-electron chi connectivity index (χ1n) is 5.64. The summed E-state index contributed by atoms with van der Waals surface area (Å²) in [6.07, 6.45) is 2.69. The van der Waals surface area contributed by atoms with Crippen LogP contribution in [0.3, 0.4) is 0 Å². The highest BCUT2D eigenvalue weighted by molar-refractivity contribution is 5.50. The van der Waals surface area contributed by atoms with Gasteiger partial charge in [0.05, 0.1) is 0 Å². The maximum atomic E-state index is 12.9. The molecule has 0 aliphatic carbocycles. The van der Waals surface area contributed by atoms with Crippen LogP contribution in [-0.4, -0.2) is 16.3 Å². The van der Waals surface area contributed by atoms with Gasteiger partial charge in [-0.2, -0.15) is 5.10 Å². The molecule has 1 heterocycles. The Hall–Kier alpha value is -1.84. The number of anilines is 1. The number of benzene rings is 1. The van der Waals surface area contributed by atoms with Gasteiger partial charge in [-0.1, -0.05) is 0 Å². The molecule has 0 radical (unpaired) electrons. The quantitative estimate of drug-likeness (QED) is 0.879. The summed E-state index contributed by atoms with van der Waals surface area (Å²) in [5, 5.41) is 7.41. The molecule has 0 saturated carbocycles. The molecule has 0 saturated heterocycles. The van der Waals surface area contributed by atoms with Crippen LogP contribution in [0.2, 0.25) is 0 Å². The summed E-state index contributed by atoms with van der Waals surface area (Å²) in [5.41, 5.74) is 3.08. The van der Waals surface area contributed by atoms with Crippen molar-refractivity contribution in [1.82, 2.24) is 9.78 Å². The van der Waals surface area contributed by atoms with E-state index >= 15 is 0 Å². The van der Waals surface area contributed by atoms with Gasteiger partial charge in [0.2, 0.25) is 0 Å². The number of hydrogen-bond acceptors (Lipinski definition) is 2. The predicted octanol–water partition coefficient (Wildman–Crippen LogP) is 2.52. The Balaban J connectivity index is 1.92. The first kappa shape index (κ1) is 11.6. The van der Waals surface area contributed by atoms with Crippen molar-refractivity contribution in [2.75, 3.05) is 11.9 Å². The summed E-state index contributed by atoms with van der Waals surface area (Å²) >= 11 is 0. The number of hydrogen-bond donors (Lipinski definition) is 1. The molecule has 0 amide bonds. The molecular formula is C13H16FN3. The smallest absolute Gasteiger partial charge is 0.123 e. The highest BCUT2D eigenvalue weighted by Crippen LogP contribution is 2.15. The lowest BCUT2D eigenvalue weighted by atomic mass is 10.2. The number of nitrogens with zero attached hydrogens (tertiary/aromatic N) is 2. The molecule has 0 aliphatic rings. The Morgan fingerprint density at radius 2 is 2.18 bits per heavy atom. The fourth-order valence-electron chi connectivity index (χ4n) is 1.80. The minimum atomic E-state index is -0.195. The average molecular weight is 233 g/mol. The van der Waals surface area contributed by atoms with E-state index in [1.165, 1.54) is 17.8 Å². The number of nitrogens with one attached hydrogen (secondary N) is 1. The van der Waals surface area contributed by atoms with Gasteiger partial charge in [0.1, 0.15) is 5.82 Å². The molecule has 2 aromatic rings. The zero-order valence-electron chi connectivity index (χ0n) is 10.1. The van der Waals surface area contributed by atoms with E-state index in [0.29, 0.717) is 0 Å². The topological polar surface area (TPSA) is 29.9 Å². The lowest BCUT2D eigenvalue weighted by molar-refractivity contribution is 0.627.